The van der Waals surface area contributed by atoms with Crippen LogP contribution in [0.4, 0.5) is 0 Å². The molecule has 0 aromatic heterocycles. The molecule has 0 spiro atoms. The molecular weight excluding hydrogens is 404 g/mol. The summed E-state index contributed by atoms with van der Waals surface area (Å²) in [7, 11) is 1.62. The number of nitrogens with one attached hydrogen (secondary N) is 1. The number of hydrogen-bond donors (Lipinski definition) is 1. The van der Waals surface area contributed by atoms with Crippen molar-refractivity contribution in [2.75, 3.05) is 26.8 Å². The van der Waals surface area contributed by atoms with Crippen molar-refractivity contribution < 1.29 is 19.1 Å². The predicted octanol–water partition coefficient (Wildman–Crippen LogP) is 4.57. The molecule has 2 aliphatic rings. The summed E-state index contributed by atoms with van der Waals surface area (Å²) in [4.78, 5) is 27.0. The summed E-state index contributed by atoms with van der Waals surface area (Å²) in [6, 6.07) is 5.89. The molecule has 2 fully saturated rings. The normalized spacial score (nSPS) is 18.0. The number of hydrogen-bond acceptors (Lipinski definition) is 4. The number of unbranched alkanes of at least 4 members (excludes halogenated alkanes) is 1. The van der Waals surface area contributed by atoms with Crippen molar-refractivity contribution in [3.63, 3.8) is 0 Å². The number of piperidine rings is 1. The molecule has 6 heteroatoms. The van der Waals surface area contributed by atoms with Gasteiger partial charge in [0.2, 0.25) is 11.8 Å². The second-order valence-electron chi connectivity index (χ2n) is 8.89. The summed E-state index contributed by atoms with van der Waals surface area (Å²) in [5.41, 5.74) is 0.896. The quantitative estimate of drug-likeness (QED) is 0.449. The number of carbonyl (C=O) groups excluding carboxylic acids is 2. The summed E-state index contributed by atoms with van der Waals surface area (Å²) >= 11 is 0. The minimum atomic E-state index is 0.00398. The fourth-order valence-corrected chi connectivity index (χ4v) is 4.43. The van der Waals surface area contributed by atoms with Crippen molar-refractivity contribution in [1.82, 2.24) is 10.2 Å². The van der Waals surface area contributed by atoms with Crippen molar-refractivity contribution in [2.45, 2.75) is 70.8 Å². The van der Waals surface area contributed by atoms with E-state index in [9.17, 15) is 9.59 Å². The molecule has 0 bridgehead atoms. The molecule has 1 aromatic carbocycles. The van der Waals surface area contributed by atoms with Crippen molar-refractivity contribution >= 4 is 17.9 Å². The molecular formula is C26H38N2O4. The Bertz CT molecular complexity index is 778. The molecule has 1 heterocycles. The molecule has 3 rings (SSSR count). The van der Waals surface area contributed by atoms with Crippen LogP contribution in [0, 0.1) is 5.92 Å². The van der Waals surface area contributed by atoms with Gasteiger partial charge in [-0.25, -0.2) is 0 Å². The standard InChI is InChI=1S/C26H38N2O4/c1-3-4-18-32-23-12-10-20(19-24(23)31-2)11-13-25(29)28-16-14-22(15-17-28)27-26(30)21-8-6-5-7-9-21/h10-13,19,21-22H,3-9,14-18H2,1-2H3,(H,27,30)/b13-11+. The Labute approximate surface area is 192 Å². The van der Waals surface area contributed by atoms with Gasteiger partial charge in [-0.3, -0.25) is 9.59 Å². The third kappa shape index (κ3) is 7.01. The van der Waals surface area contributed by atoms with E-state index in [-0.39, 0.29) is 23.8 Å². The molecule has 2 amide bonds. The minimum Gasteiger partial charge on any atom is -0.493 e. The number of ether oxygens (including phenoxy) is 2. The molecule has 32 heavy (non-hydrogen) atoms. The monoisotopic (exact) mass is 442 g/mol. The molecule has 1 aliphatic carbocycles. The fourth-order valence-electron chi connectivity index (χ4n) is 4.43. The Kier molecular flexibility index (Phi) is 9.44. The molecule has 1 aromatic rings. The maximum absolute atomic E-state index is 12.6. The van der Waals surface area contributed by atoms with E-state index in [0.717, 1.165) is 62.7 Å². The van der Waals surface area contributed by atoms with Crippen LogP contribution in [-0.4, -0.2) is 49.6 Å². The summed E-state index contributed by atoms with van der Waals surface area (Å²) in [6.45, 7) is 4.14. The van der Waals surface area contributed by atoms with E-state index in [1.165, 1.54) is 6.42 Å². The van der Waals surface area contributed by atoms with E-state index in [0.29, 0.717) is 25.4 Å². The van der Waals surface area contributed by atoms with Gasteiger partial charge in [0.1, 0.15) is 0 Å². The second-order valence-corrected chi connectivity index (χ2v) is 8.89. The van der Waals surface area contributed by atoms with Crippen LogP contribution in [0.25, 0.3) is 6.08 Å². The van der Waals surface area contributed by atoms with Crippen LogP contribution in [-0.2, 0) is 9.59 Å². The van der Waals surface area contributed by atoms with Crippen molar-refractivity contribution in [2.24, 2.45) is 5.92 Å². The topological polar surface area (TPSA) is 67.9 Å². The lowest BCUT2D eigenvalue weighted by molar-refractivity contribution is -0.128. The maximum Gasteiger partial charge on any atom is 0.246 e. The van der Waals surface area contributed by atoms with Crippen LogP contribution in [0.2, 0.25) is 0 Å². The molecule has 1 saturated heterocycles. The van der Waals surface area contributed by atoms with Crippen LogP contribution in [0.5, 0.6) is 11.5 Å². The van der Waals surface area contributed by atoms with E-state index in [1.54, 1.807) is 13.2 Å². The van der Waals surface area contributed by atoms with Crippen LogP contribution in [0.1, 0.15) is 70.3 Å². The minimum absolute atomic E-state index is 0.00398. The number of likely N-dealkylation sites (tertiary alicyclic amines) is 1. The highest BCUT2D eigenvalue weighted by Crippen LogP contribution is 2.29. The molecule has 0 atom stereocenters. The van der Waals surface area contributed by atoms with Gasteiger partial charge in [0.25, 0.3) is 0 Å². The molecule has 176 valence electrons. The third-order valence-corrected chi connectivity index (χ3v) is 6.49. The Balaban J connectivity index is 1.46. The number of amides is 2. The highest BCUT2D eigenvalue weighted by Gasteiger charge is 2.26. The van der Waals surface area contributed by atoms with Crippen LogP contribution in [0.3, 0.4) is 0 Å². The summed E-state index contributed by atoms with van der Waals surface area (Å²) in [5.74, 6) is 1.80. The summed E-state index contributed by atoms with van der Waals surface area (Å²) in [5, 5.41) is 3.22. The lowest BCUT2D eigenvalue weighted by Gasteiger charge is -2.33. The first kappa shape index (κ1) is 24.1. The van der Waals surface area contributed by atoms with Crippen molar-refractivity contribution in [3.8, 4) is 11.5 Å². The molecule has 6 nitrogen and oxygen atoms in total. The molecule has 1 N–H and O–H groups in total. The molecule has 1 saturated carbocycles. The Hall–Kier alpha value is -2.50. The highest BCUT2D eigenvalue weighted by molar-refractivity contribution is 5.92. The van der Waals surface area contributed by atoms with E-state index < -0.39 is 0 Å². The van der Waals surface area contributed by atoms with Gasteiger partial charge in [-0.05, 0) is 55.9 Å². The van der Waals surface area contributed by atoms with Crippen LogP contribution < -0.4 is 14.8 Å². The van der Waals surface area contributed by atoms with E-state index in [2.05, 4.69) is 12.2 Å². The average Bonchev–Trinajstić information content (AvgIpc) is 2.84. The van der Waals surface area contributed by atoms with Gasteiger partial charge in [-0.2, -0.15) is 0 Å². The number of methoxy groups -OCH3 is 1. The molecule has 0 radical (unpaired) electrons. The first-order chi connectivity index (χ1) is 15.6. The highest BCUT2D eigenvalue weighted by atomic mass is 16.5. The summed E-state index contributed by atoms with van der Waals surface area (Å²) in [6.07, 6.45) is 12.8. The Morgan fingerprint density at radius 2 is 1.84 bits per heavy atom. The van der Waals surface area contributed by atoms with Crippen molar-refractivity contribution in [3.05, 3.63) is 29.8 Å². The van der Waals surface area contributed by atoms with Gasteiger partial charge >= 0.3 is 0 Å². The van der Waals surface area contributed by atoms with Crippen LogP contribution in [0.15, 0.2) is 24.3 Å². The lowest BCUT2D eigenvalue weighted by atomic mass is 9.88. The van der Waals surface area contributed by atoms with Gasteiger partial charge < -0.3 is 19.7 Å². The lowest BCUT2D eigenvalue weighted by Crippen LogP contribution is -2.47. The van der Waals surface area contributed by atoms with Gasteiger partial charge in [-0.1, -0.05) is 38.7 Å². The first-order valence-electron chi connectivity index (χ1n) is 12.2. The zero-order valence-electron chi connectivity index (χ0n) is 19.6. The van der Waals surface area contributed by atoms with Gasteiger partial charge in [0.15, 0.2) is 11.5 Å². The fraction of sp³-hybridized carbons (Fsp3) is 0.615. The molecule has 0 unspecified atom stereocenters. The number of nitrogens with zero attached hydrogens (tertiary/aromatic N) is 1. The van der Waals surface area contributed by atoms with Gasteiger partial charge in [0, 0.05) is 31.1 Å². The number of carbonyl (C=O) groups is 2. The zero-order valence-corrected chi connectivity index (χ0v) is 19.6. The largest absolute Gasteiger partial charge is 0.493 e. The van der Waals surface area contributed by atoms with Gasteiger partial charge in [-0.15, -0.1) is 0 Å². The summed E-state index contributed by atoms with van der Waals surface area (Å²) < 4.78 is 11.2. The Morgan fingerprint density at radius 3 is 2.53 bits per heavy atom. The predicted molar refractivity (Wildman–Crippen MR) is 127 cm³/mol. The van der Waals surface area contributed by atoms with E-state index in [1.807, 2.05) is 29.2 Å². The maximum atomic E-state index is 12.6. The SMILES string of the molecule is CCCCOc1ccc(/C=C/C(=O)N2CCC(NC(=O)C3CCCCC3)CC2)cc1OC. The van der Waals surface area contributed by atoms with E-state index in [4.69, 9.17) is 9.47 Å². The Morgan fingerprint density at radius 1 is 1.09 bits per heavy atom. The number of benzene rings is 1. The first-order valence-corrected chi connectivity index (χ1v) is 12.2. The molecule has 1 aliphatic heterocycles. The van der Waals surface area contributed by atoms with Gasteiger partial charge in [0.05, 0.1) is 13.7 Å². The third-order valence-electron chi connectivity index (χ3n) is 6.49. The smallest absolute Gasteiger partial charge is 0.246 e. The average molecular weight is 443 g/mol. The number of rotatable bonds is 9. The second kappa shape index (κ2) is 12.5. The zero-order chi connectivity index (χ0) is 22.8. The van der Waals surface area contributed by atoms with E-state index >= 15 is 0 Å². The van der Waals surface area contributed by atoms with Crippen molar-refractivity contribution in [1.29, 1.82) is 0 Å². The van der Waals surface area contributed by atoms with Crippen LogP contribution >= 0.6 is 0 Å².